The van der Waals surface area contributed by atoms with Crippen LogP contribution in [0, 0.1) is 6.92 Å². The van der Waals surface area contributed by atoms with Gasteiger partial charge in [-0.05, 0) is 31.9 Å². The van der Waals surface area contributed by atoms with Crippen LogP contribution in [0.1, 0.15) is 31.9 Å². The van der Waals surface area contributed by atoms with E-state index in [9.17, 15) is 9.90 Å². The lowest BCUT2D eigenvalue weighted by Gasteiger charge is -2.16. The molecule has 0 radical (unpaired) electrons. The molecular weight excluding hydrogens is 254 g/mol. The zero-order valence-corrected chi connectivity index (χ0v) is 11.8. The number of carbonyl (C=O) groups is 1. The van der Waals surface area contributed by atoms with Crippen LogP contribution in [-0.2, 0) is 4.79 Å². The van der Waals surface area contributed by atoms with Gasteiger partial charge in [0.2, 0.25) is 0 Å². The summed E-state index contributed by atoms with van der Waals surface area (Å²) in [6, 6.07) is 9.46. The highest BCUT2D eigenvalue weighted by atomic mass is 16.5. The molecule has 106 valence electrons. The first-order chi connectivity index (χ1) is 9.61. The molecule has 0 bridgehead atoms. The number of para-hydroxylation sites is 1. The van der Waals surface area contributed by atoms with Crippen LogP contribution in [0.3, 0.4) is 0 Å². The highest BCUT2D eigenvalue weighted by Gasteiger charge is 2.20. The molecule has 4 heteroatoms. The molecule has 0 amide bonds. The van der Waals surface area contributed by atoms with Crippen molar-refractivity contribution in [3.63, 3.8) is 0 Å². The number of carboxylic acids is 1. The summed E-state index contributed by atoms with van der Waals surface area (Å²) in [7, 11) is 0. The molecule has 2 aromatic rings. The van der Waals surface area contributed by atoms with Gasteiger partial charge < -0.3 is 9.84 Å². The first-order valence-electron chi connectivity index (χ1n) is 6.87. The zero-order valence-electron chi connectivity index (χ0n) is 11.8. The minimum atomic E-state index is -0.928. The van der Waals surface area contributed by atoms with Crippen LogP contribution in [0.5, 0.6) is 5.75 Å². The highest BCUT2D eigenvalue weighted by molar-refractivity contribution is 5.85. The van der Waals surface area contributed by atoms with E-state index in [4.69, 9.17) is 4.74 Å². The minimum absolute atomic E-state index is 0.508. The van der Waals surface area contributed by atoms with E-state index >= 15 is 0 Å². The van der Waals surface area contributed by atoms with Crippen molar-refractivity contribution in [2.45, 2.75) is 39.2 Å². The van der Waals surface area contributed by atoms with Crippen LogP contribution in [0.4, 0.5) is 0 Å². The predicted molar refractivity (Wildman–Crippen MR) is 78.1 cm³/mol. The number of fused-ring (bicyclic) bond motifs is 1. The smallest absolute Gasteiger partial charge is 0.344 e. The third kappa shape index (κ3) is 3.26. The number of aryl methyl sites for hydroxylation is 1. The third-order valence-electron chi connectivity index (χ3n) is 3.19. The van der Waals surface area contributed by atoms with Crippen LogP contribution < -0.4 is 4.74 Å². The zero-order chi connectivity index (χ0) is 14.5. The van der Waals surface area contributed by atoms with E-state index in [1.807, 2.05) is 38.1 Å². The molecule has 0 aliphatic heterocycles. The molecule has 0 fully saturated rings. The van der Waals surface area contributed by atoms with Gasteiger partial charge in [0.25, 0.3) is 0 Å². The van der Waals surface area contributed by atoms with Crippen molar-refractivity contribution in [2.24, 2.45) is 0 Å². The van der Waals surface area contributed by atoms with Gasteiger partial charge in [0.05, 0.1) is 0 Å². The number of benzene rings is 1. The van der Waals surface area contributed by atoms with E-state index in [2.05, 4.69) is 4.98 Å². The summed E-state index contributed by atoms with van der Waals surface area (Å²) in [6.07, 6.45) is 1.46. The summed E-state index contributed by atoms with van der Waals surface area (Å²) in [4.78, 5) is 15.7. The highest BCUT2D eigenvalue weighted by Crippen LogP contribution is 2.25. The average molecular weight is 273 g/mol. The molecule has 1 aromatic heterocycles. The van der Waals surface area contributed by atoms with E-state index in [1.165, 1.54) is 0 Å². The quantitative estimate of drug-likeness (QED) is 0.874. The molecule has 1 unspecified atom stereocenters. The van der Waals surface area contributed by atoms with Gasteiger partial charge in [0.15, 0.2) is 6.10 Å². The summed E-state index contributed by atoms with van der Waals surface area (Å²) < 4.78 is 5.68. The van der Waals surface area contributed by atoms with E-state index in [1.54, 1.807) is 6.07 Å². The Morgan fingerprint density at radius 2 is 2.15 bits per heavy atom. The number of hydrogen-bond donors (Lipinski definition) is 1. The molecule has 20 heavy (non-hydrogen) atoms. The Labute approximate surface area is 118 Å². The van der Waals surface area contributed by atoms with Crippen molar-refractivity contribution in [1.29, 1.82) is 0 Å². The Morgan fingerprint density at radius 1 is 1.35 bits per heavy atom. The molecule has 0 saturated heterocycles. The van der Waals surface area contributed by atoms with Crippen LogP contribution in [-0.4, -0.2) is 22.2 Å². The maximum absolute atomic E-state index is 11.3. The monoisotopic (exact) mass is 273 g/mol. The molecule has 1 N–H and O–H groups in total. The van der Waals surface area contributed by atoms with Crippen molar-refractivity contribution in [3.8, 4) is 5.75 Å². The SMILES string of the molecule is CCCCC(Oc1cccc2ccc(C)nc12)C(=O)O. The van der Waals surface area contributed by atoms with Crippen LogP contribution in [0.2, 0.25) is 0 Å². The molecule has 1 aromatic carbocycles. The number of rotatable bonds is 6. The summed E-state index contributed by atoms with van der Waals surface area (Å²) in [5.74, 6) is -0.391. The van der Waals surface area contributed by atoms with Gasteiger partial charge in [0, 0.05) is 11.1 Å². The van der Waals surface area contributed by atoms with Crippen molar-refractivity contribution < 1.29 is 14.6 Å². The fourth-order valence-electron chi connectivity index (χ4n) is 2.09. The van der Waals surface area contributed by atoms with Crippen LogP contribution in [0.25, 0.3) is 10.9 Å². The van der Waals surface area contributed by atoms with Crippen molar-refractivity contribution >= 4 is 16.9 Å². The lowest BCUT2D eigenvalue weighted by atomic mass is 10.1. The van der Waals surface area contributed by atoms with Gasteiger partial charge in [-0.2, -0.15) is 0 Å². The van der Waals surface area contributed by atoms with Gasteiger partial charge in [0.1, 0.15) is 11.3 Å². The molecule has 0 saturated carbocycles. The standard InChI is InChI=1S/C16H19NO3/c1-3-4-7-14(16(18)19)20-13-8-5-6-12-10-9-11(2)17-15(12)13/h5-6,8-10,14H,3-4,7H2,1-2H3,(H,18,19). The van der Waals surface area contributed by atoms with Gasteiger partial charge in [-0.3, -0.25) is 0 Å². The number of hydrogen-bond acceptors (Lipinski definition) is 3. The minimum Gasteiger partial charge on any atom is -0.479 e. The molecule has 0 aliphatic rings. The van der Waals surface area contributed by atoms with Crippen molar-refractivity contribution in [1.82, 2.24) is 4.98 Å². The normalized spacial score (nSPS) is 12.3. The molecule has 0 spiro atoms. The molecule has 0 aliphatic carbocycles. The fraction of sp³-hybridized carbons (Fsp3) is 0.375. The molecular formula is C16H19NO3. The topological polar surface area (TPSA) is 59.4 Å². The summed E-state index contributed by atoms with van der Waals surface area (Å²) in [5, 5.41) is 10.2. The third-order valence-corrected chi connectivity index (χ3v) is 3.19. The first kappa shape index (κ1) is 14.3. The van der Waals surface area contributed by atoms with Crippen molar-refractivity contribution in [2.75, 3.05) is 0 Å². The second-order valence-corrected chi connectivity index (χ2v) is 4.87. The Bertz CT molecular complexity index is 610. The Kier molecular flexibility index (Phi) is 4.56. The van der Waals surface area contributed by atoms with Crippen LogP contribution >= 0.6 is 0 Å². The Morgan fingerprint density at radius 3 is 2.85 bits per heavy atom. The van der Waals surface area contributed by atoms with Gasteiger partial charge in [-0.25, -0.2) is 9.78 Å². The maximum Gasteiger partial charge on any atom is 0.344 e. The molecule has 4 nitrogen and oxygen atoms in total. The summed E-state index contributed by atoms with van der Waals surface area (Å²) in [5.41, 5.74) is 1.60. The largest absolute Gasteiger partial charge is 0.479 e. The first-order valence-corrected chi connectivity index (χ1v) is 6.87. The Hall–Kier alpha value is -2.10. The molecule has 1 atom stereocenters. The number of aliphatic carboxylic acids is 1. The average Bonchev–Trinajstić information content (AvgIpc) is 2.43. The van der Waals surface area contributed by atoms with E-state index in [-0.39, 0.29) is 0 Å². The maximum atomic E-state index is 11.3. The van der Waals surface area contributed by atoms with E-state index in [0.717, 1.165) is 29.4 Å². The van der Waals surface area contributed by atoms with E-state index < -0.39 is 12.1 Å². The fourth-order valence-corrected chi connectivity index (χ4v) is 2.09. The van der Waals surface area contributed by atoms with Gasteiger partial charge >= 0.3 is 5.97 Å². The second kappa shape index (κ2) is 6.37. The van der Waals surface area contributed by atoms with E-state index in [0.29, 0.717) is 12.2 Å². The molecule has 1 heterocycles. The van der Waals surface area contributed by atoms with Crippen LogP contribution in [0.15, 0.2) is 30.3 Å². The van der Waals surface area contributed by atoms with Crippen molar-refractivity contribution in [3.05, 3.63) is 36.0 Å². The number of carboxylic acid groups (broad SMARTS) is 1. The number of nitrogens with zero attached hydrogens (tertiary/aromatic N) is 1. The lowest BCUT2D eigenvalue weighted by molar-refractivity contribution is -0.145. The van der Waals surface area contributed by atoms with Gasteiger partial charge in [-0.1, -0.05) is 31.5 Å². The second-order valence-electron chi connectivity index (χ2n) is 4.87. The number of ether oxygens (including phenoxy) is 1. The Balaban J connectivity index is 2.31. The number of aromatic nitrogens is 1. The number of pyridine rings is 1. The summed E-state index contributed by atoms with van der Waals surface area (Å²) >= 11 is 0. The van der Waals surface area contributed by atoms with Gasteiger partial charge in [-0.15, -0.1) is 0 Å². The lowest BCUT2D eigenvalue weighted by Crippen LogP contribution is -2.27. The summed E-state index contributed by atoms with van der Waals surface area (Å²) in [6.45, 7) is 3.93. The predicted octanol–water partition coefficient (Wildman–Crippen LogP) is 3.57. The number of unbranched alkanes of at least 4 members (excludes halogenated alkanes) is 1. The molecule has 2 rings (SSSR count).